The molecule has 0 N–H and O–H groups in total. The van der Waals surface area contributed by atoms with Gasteiger partial charge in [-0.3, -0.25) is 4.90 Å². The van der Waals surface area contributed by atoms with Crippen LogP contribution in [0.4, 0.5) is 0 Å². The maximum atomic E-state index is 6.03. The van der Waals surface area contributed by atoms with Gasteiger partial charge < -0.3 is 0 Å². The van der Waals surface area contributed by atoms with Crippen LogP contribution in [0.1, 0.15) is 45.7 Å². The number of hydrogen-bond acceptors (Lipinski definition) is 1. The van der Waals surface area contributed by atoms with Crippen LogP contribution in [0, 0.1) is 5.92 Å². The van der Waals surface area contributed by atoms with Gasteiger partial charge in [0.2, 0.25) is 0 Å². The lowest BCUT2D eigenvalue weighted by atomic mass is 10.1. The molecule has 0 amide bonds. The second kappa shape index (κ2) is 7.37. The summed E-state index contributed by atoms with van der Waals surface area (Å²) >= 11 is 12.1. The van der Waals surface area contributed by atoms with E-state index in [9.17, 15) is 0 Å². The van der Waals surface area contributed by atoms with Gasteiger partial charge in [-0.05, 0) is 49.6 Å². The van der Waals surface area contributed by atoms with E-state index in [2.05, 4.69) is 18.7 Å². The standard InChI is InChI=1S/C13H17Cl2N.C2H6/c1-9-3-4-16(8-9)10(2)11-5-12(14)7-13(15)6-11;1-2/h5-7,9-10H,3-4,8H2,1-2H3;1-2H3. The van der Waals surface area contributed by atoms with Crippen molar-refractivity contribution in [3.05, 3.63) is 33.8 Å². The van der Waals surface area contributed by atoms with E-state index >= 15 is 0 Å². The second-order valence-corrected chi connectivity index (χ2v) is 5.64. The van der Waals surface area contributed by atoms with Gasteiger partial charge in [0.05, 0.1) is 0 Å². The third kappa shape index (κ3) is 4.15. The highest BCUT2D eigenvalue weighted by molar-refractivity contribution is 6.34. The molecule has 102 valence electrons. The van der Waals surface area contributed by atoms with Gasteiger partial charge in [-0.15, -0.1) is 0 Å². The van der Waals surface area contributed by atoms with Gasteiger partial charge in [0, 0.05) is 22.6 Å². The van der Waals surface area contributed by atoms with E-state index in [1.807, 2.05) is 26.0 Å². The van der Waals surface area contributed by atoms with Crippen LogP contribution in [-0.4, -0.2) is 18.0 Å². The second-order valence-electron chi connectivity index (χ2n) is 4.77. The lowest BCUT2D eigenvalue weighted by molar-refractivity contribution is 0.255. The monoisotopic (exact) mass is 287 g/mol. The average Bonchev–Trinajstić information content (AvgIpc) is 2.76. The molecule has 2 rings (SSSR count). The van der Waals surface area contributed by atoms with Gasteiger partial charge in [-0.1, -0.05) is 44.0 Å². The zero-order chi connectivity index (χ0) is 13.7. The molecule has 0 bridgehead atoms. The van der Waals surface area contributed by atoms with Crippen LogP contribution in [0.25, 0.3) is 0 Å². The van der Waals surface area contributed by atoms with Gasteiger partial charge in [-0.25, -0.2) is 0 Å². The minimum Gasteiger partial charge on any atom is -0.296 e. The Bertz CT molecular complexity index is 359. The zero-order valence-corrected chi connectivity index (χ0v) is 13.2. The molecule has 0 saturated carbocycles. The molecule has 3 heteroatoms. The topological polar surface area (TPSA) is 3.24 Å². The molecule has 18 heavy (non-hydrogen) atoms. The quantitative estimate of drug-likeness (QED) is 0.702. The highest BCUT2D eigenvalue weighted by Crippen LogP contribution is 2.30. The van der Waals surface area contributed by atoms with Crippen LogP contribution >= 0.6 is 23.2 Å². The first-order valence-corrected chi connectivity index (χ1v) is 7.52. The van der Waals surface area contributed by atoms with Crippen LogP contribution < -0.4 is 0 Å². The fourth-order valence-corrected chi connectivity index (χ4v) is 2.89. The smallest absolute Gasteiger partial charge is 0.0424 e. The minimum atomic E-state index is 0.404. The SMILES string of the molecule is CC.CC1CCN(C(C)c2cc(Cl)cc(Cl)c2)C1. The fourth-order valence-electron chi connectivity index (χ4n) is 2.35. The highest BCUT2D eigenvalue weighted by Gasteiger charge is 2.24. The number of benzene rings is 1. The number of hydrogen-bond donors (Lipinski definition) is 0. The first-order valence-electron chi connectivity index (χ1n) is 6.76. The average molecular weight is 288 g/mol. The van der Waals surface area contributed by atoms with Crippen molar-refractivity contribution >= 4 is 23.2 Å². The summed E-state index contributed by atoms with van der Waals surface area (Å²) in [4.78, 5) is 2.49. The summed E-state index contributed by atoms with van der Waals surface area (Å²) in [6.07, 6.45) is 1.29. The predicted octanol–water partition coefficient (Wildman–Crippen LogP) is 5.42. The van der Waals surface area contributed by atoms with Crippen molar-refractivity contribution in [2.24, 2.45) is 5.92 Å². The number of halogens is 2. The lowest BCUT2D eigenvalue weighted by Crippen LogP contribution is -2.24. The molecule has 0 aromatic heterocycles. The molecule has 2 unspecified atom stereocenters. The predicted molar refractivity (Wildman–Crippen MR) is 81.6 cm³/mol. The minimum absolute atomic E-state index is 0.404. The number of likely N-dealkylation sites (tertiary alicyclic amines) is 1. The molecular formula is C15H23Cl2N. The lowest BCUT2D eigenvalue weighted by Gasteiger charge is -2.24. The van der Waals surface area contributed by atoms with Crippen LogP contribution in [0.15, 0.2) is 18.2 Å². The molecule has 1 aromatic rings. The van der Waals surface area contributed by atoms with Gasteiger partial charge in [0.15, 0.2) is 0 Å². The molecule has 1 nitrogen and oxygen atoms in total. The van der Waals surface area contributed by atoms with Crippen molar-refractivity contribution in [3.63, 3.8) is 0 Å². The molecule has 1 heterocycles. The Morgan fingerprint density at radius 1 is 1.17 bits per heavy atom. The Morgan fingerprint density at radius 2 is 1.72 bits per heavy atom. The Hall–Kier alpha value is -0.240. The summed E-state index contributed by atoms with van der Waals surface area (Å²) in [6.45, 7) is 10.9. The molecule has 1 aromatic carbocycles. The Morgan fingerprint density at radius 3 is 2.17 bits per heavy atom. The van der Waals surface area contributed by atoms with Gasteiger partial charge in [0.1, 0.15) is 0 Å². The van der Waals surface area contributed by atoms with Crippen LogP contribution in [0.2, 0.25) is 10.0 Å². The van der Waals surface area contributed by atoms with Gasteiger partial charge in [0.25, 0.3) is 0 Å². The molecule has 0 spiro atoms. The maximum Gasteiger partial charge on any atom is 0.0424 e. The maximum absolute atomic E-state index is 6.03. The van der Waals surface area contributed by atoms with Crippen molar-refractivity contribution in [2.75, 3.05) is 13.1 Å². The molecule has 2 atom stereocenters. The third-order valence-corrected chi connectivity index (χ3v) is 3.81. The molecule has 1 fully saturated rings. The van der Waals surface area contributed by atoms with E-state index in [1.54, 1.807) is 6.07 Å². The van der Waals surface area contributed by atoms with Crippen molar-refractivity contribution in [3.8, 4) is 0 Å². The number of rotatable bonds is 2. The first kappa shape index (κ1) is 15.8. The van der Waals surface area contributed by atoms with Gasteiger partial charge in [-0.2, -0.15) is 0 Å². The Balaban J connectivity index is 0.000000771. The first-order chi connectivity index (χ1) is 8.56. The summed E-state index contributed by atoms with van der Waals surface area (Å²) < 4.78 is 0. The molecule has 0 radical (unpaired) electrons. The van der Waals surface area contributed by atoms with Gasteiger partial charge >= 0.3 is 0 Å². The molecule has 1 aliphatic rings. The zero-order valence-electron chi connectivity index (χ0n) is 11.7. The van der Waals surface area contributed by atoms with E-state index in [1.165, 1.54) is 25.1 Å². The van der Waals surface area contributed by atoms with E-state index < -0.39 is 0 Å². The Labute approximate surface area is 121 Å². The van der Waals surface area contributed by atoms with E-state index in [-0.39, 0.29) is 0 Å². The largest absolute Gasteiger partial charge is 0.296 e. The Kier molecular flexibility index (Phi) is 6.48. The number of nitrogens with zero attached hydrogens (tertiary/aromatic N) is 1. The van der Waals surface area contributed by atoms with E-state index in [0.29, 0.717) is 6.04 Å². The fraction of sp³-hybridized carbons (Fsp3) is 0.600. The van der Waals surface area contributed by atoms with Crippen molar-refractivity contribution in [1.82, 2.24) is 4.90 Å². The molecule has 1 aliphatic heterocycles. The molecule has 1 saturated heterocycles. The summed E-state index contributed by atoms with van der Waals surface area (Å²) in [5.74, 6) is 0.803. The molecular weight excluding hydrogens is 265 g/mol. The van der Waals surface area contributed by atoms with Crippen molar-refractivity contribution in [1.29, 1.82) is 0 Å². The summed E-state index contributed by atoms with van der Waals surface area (Å²) in [7, 11) is 0. The highest BCUT2D eigenvalue weighted by atomic mass is 35.5. The normalized spacial score (nSPS) is 21.3. The summed E-state index contributed by atoms with van der Waals surface area (Å²) in [5.41, 5.74) is 1.21. The summed E-state index contributed by atoms with van der Waals surface area (Å²) in [6, 6.07) is 6.22. The third-order valence-electron chi connectivity index (χ3n) is 3.37. The van der Waals surface area contributed by atoms with Crippen molar-refractivity contribution < 1.29 is 0 Å². The summed E-state index contributed by atoms with van der Waals surface area (Å²) in [5, 5.41) is 1.45. The molecule has 0 aliphatic carbocycles. The van der Waals surface area contributed by atoms with E-state index in [0.717, 1.165) is 16.0 Å². The van der Waals surface area contributed by atoms with Crippen molar-refractivity contribution in [2.45, 2.75) is 40.2 Å². The van der Waals surface area contributed by atoms with Crippen LogP contribution in [0.3, 0.4) is 0 Å². The van der Waals surface area contributed by atoms with Crippen LogP contribution in [-0.2, 0) is 0 Å². The van der Waals surface area contributed by atoms with Crippen LogP contribution in [0.5, 0.6) is 0 Å². The van der Waals surface area contributed by atoms with E-state index in [4.69, 9.17) is 23.2 Å².